The molecule has 0 saturated carbocycles. The van der Waals surface area contributed by atoms with Gasteiger partial charge in [-0.1, -0.05) is 6.92 Å². The van der Waals surface area contributed by atoms with E-state index in [0.29, 0.717) is 13.1 Å². The van der Waals surface area contributed by atoms with Gasteiger partial charge in [0.1, 0.15) is 0 Å². The lowest BCUT2D eigenvalue weighted by molar-refractivity contribution is 0.195. The van der Waals surface area contributed by atoms with Gasteiger partial charge >= 0.3 is 0 Å². The maximum atomic E-state index is 11.5. The summed E-state index contributed by atoms with van der Waals surface area (Å²) in [5.74, 6) is -0.154. The largest absolute Gasteiger partial charge is 0.395 e. The molecule has 0 radical (unpaired) electrons. The first-order valence-electron chi connectivity index (χ1n) is 4.91. The molecule has 1 aliphatic rings. The van der Waals surface area contributed by atoms with E-state index in [9.17, 15) is 8.42 Å². The number of aliphatic hydroxyl groups is 1. The Balaban J connectivity index is 2.49. The number of aliphatic hydroxyl groups excluding tert-OH is 1. The van der Waals surface area contributed by atoms with Gasteiger partial charge in [0.2, 0.25) is 10.0 Å². The molecule has 1 saturated heterocycles. The van der Waals surface area contributed by atoms with E-state index < -0.39 is 10.0 Å². The van der Waals surface area contributed by atoms with E-state index in [4.69, 9.17) is 5.11 Å². The van der Waals surface area contributed by atoms with Gasteiger partial charge in [0.25, 0.3) is 0 Å². The van der Waals surface area contributed by atoms with Gasteiger partial charge in [-0.2, -0.15) is 4.31 Å². The van der Waals surface area contributed by atoms with Crippen LogP contribution in [0.3, 0.4) is 0 Å². The SMILES string of the molecule is CCN1CCN(S(=O)(=O)CCO)CC1. The van der Waals surface area contributed by atoms with Crippen molar-refractivity contribution in [2.75, 3.05) is 45.1 Å². The summed E-state index contributed by atoms with van der Waals surface area (Å²) in [5, 5.41) is 8.61. The fourth-order valence-corrected chi connectivity index (χ4v) is 2.78. The van der Waals surface area contributed by atoms with Gasteiger partial charge < -0.3 is 10.0 Å². The minimum absolute atomic E-state index is 0.154. The van der Waals surface area contributed by atoms with Crippen molar-refractivity contribution in [3.05, 3.63) is 0 Å². The van der Waals surface area contributed by atoms with Crippen LogP contribution in [-0.4, -0.2) is 67.8 Å². The fourth-order valence-electron chi connectivity index (χ4n) is 1.57. The quantitative estimate of drug-likeness (QED) is 0.659. The molecule has 0 atom stereocenters. The van der Waals surface area contributed by atoms with Crippen molar-refractivity contribution in [1.29, 1.82) is 0 Å². The van der Waals surface area contributed by atoms with Crippen LogP contribution in [0, 0.1) is 0 Å². The minimum Gasteiger partial charge on any atom is -0.395 e. The Kier molecular flexibility index (Phi) is 4.31. The molecular weight excluding hydrogens is 204 g/mol. The number of nitrogens with zero attached hydrogens (tertiary/aromatic N) is 2. The summed E-state index contributed by atoms with van der Waals surface area (Å²) in [4.78, 5) is 2.21. The molecule has 0 unspecified atom stereocenters. The van der Waals surface area contributed by atoms with Crippen LogP contribution in [0.15, 0.2) is 0 Å². The van der Waals surface area contributed by atoms with Crippen LogP contribution >= 0.6 is 0 Å². The van der Waals surface area contributed by atoms with Crippen molar-refractivity contribution < 1.29 is 13.5 Å². The van der Waals surface area contributed by atoms with Gasteiger partial charge in [-0.3, -0.25) is 0 Å². The van der Waals surface area contributed by atoms with Crippen molar-refractivity contribution >= 4 is 10.0 Å². The van der Waals surface area contributed by atoms with Crippen LogP contribution in [0.5, 0.6) is 0 Å². The summed E-state index contributed by atoms with van der Waals surface area (Å²) in [6, 6.07) is 0. The van der Waals surface area contributed by atoms with Crippen LogP contribution in [0.2, 0.25) is 0 Å². The molecule has 0 aromatic carbocycles. The van der Waals surface area contributed by atoms with E-state index in [2.05, 4.69) is 11.8 Å². The zero-order chi connectivity index (χ0) is 10.6. The highest BCUT2D eigenvalue weighted by Crippen LogP contribution is 2.07. The summed E-state index contributed by atoms with van der Waals surface area (Å²) in [5.41, 5.74) is 0. The normalized spacial score (nSPS) is 21.3. The summed E-state index contributed by atoms with van der Waals surface area (Å²) in [7, 11) is -3.21. The monoisotopic (exact) mass is 222 g/mol. The van der Waals surface area contributed by atoms with E-state index in [1.165, 1.54) is 4.31 Å². The Hall–Kier alpha value is -0.170. The van der Waals surface area contributed by atoms with E-state index in [-0.39, 0.29) is 12.4 Å². The number of rotatable bonds is 4. The highest BCUT2D eigenvalue weighted by atomic mass is 32.2. The second-order valence-electron chi connectivity index (χ2n) is 3.37. The maximum Gasteiger partial charge on any atom is 0.216 e. The third kappa shape index (κ3) is 2.91. The molecule has 0 aliphatic carbocycles. The highest BCUT2D eigenvalue weighted by Gasteiger charge is 2.25. The summed E-state index contributed by atoms with van der Waals surface area (Å²) < 4.78 is 24.5. The molecule has 0 amide bonds. The van der Waals surface area contributed by atoms with Crippen molar-refractivity contribution in [2.24, 2.45) is 0 Å². The summed E-state index contributed by atoms with van der Waals surface area (Å²) >= 11 is 0. The molecule has 84 valence electrons. The van der Waals surface area contributed by atoms with Crippen molar-refractivity contribution in [2.45, 2.75) is 6.92 Å². The van der Waals surface area contributed by atoms with E-state index >= 15 is 0 Å². The van der Waals surface area contributed by atoms with E-state index in [0.717, 1.165) is 19.6 Å². The Morgan fingerprint density at radius 1 is 1.21 bits per heavy atom. The van der Waals surface area contributed by atoms with Gasteiger partial charge in [0.15, 0.2) is 0 Å². The van der Waals surface area contributed by atoms with Crippen molar-refractivity contribution in [3.8, 4) is 0 Å². The van der Waals surface area contributed by atoms with Crippen LogP contribution in [0.4, 0.5) is 0 Å². The standard InChI is InChI=1S/C8H18N2O3S/c1-2-9-3-5-10(6-4-9)14(12,13)8-7-11/h11H,2-8H2,1H3. The molecule has 1 heterocycles. The van der Waals surface area contributed by atoms with Crippen molar-refractivity contribution in [1.82, 2.24) is 9.21 Å². The van der Waals surface area contributed by atoms with Gasteiger partial charge in [0.05, 0.1) is 12.4 Å². The second-order valence-corrected chi connectivity index (χ2v) is 5.46. The molecule has 0 aromatic rings. The molecule has 0 bridgehead atoms. The molecular formula is C8H18N2O3S. The average molecular weight is 222 g/mol. The van der Waals surface area contributed by atoms with Gasteiger partial charge in [-0.05, 0) is 6.54 Å². The Morgan fingerprint density at radius 3 is 2.21 bits per heavy atom. The number of sulfonamides is 1. The van der Waals surface area contributed by atoms with Crippen molar-refractivity contribution in [3.63, 3.8) is 0 Å². The summed E-state index contributed by atoms with van der Waals surface area (Å²) in [6.07, 6.45) is 0. The fraction of sp³-hybridized carbons (Fsp3) is 1.00. The second kappa shape index (κ2) is 5.06. The zero-order valence-electron chi connectivity index (χ0n) is 8.52. The number of piperazine rings is 1. The molecule has 1 aliphatic heterocycles. The third-order valence-electron chi connectivity index (χ3n) is 2.52. The first kappa shape index (κ1) is 11.9. The average Bonchev–Trinajstić information content (AvgIpc) is 2.18. The first-order valence-corrected chi connectivity index (χ1v) is 6.52. The lowest BCUT2D eigenvalue weighted by atomic mass is 10.4. The molecule has 1 N–H and O–H groups in total. The lowest BCUT2D eigenvalue weighted by Crippen LogP contribution is -2.49. The number of likely N-dealkylation sites (N-methyl/N-ethyl adjacent to an activating group) is 1. The number of hydrogen-bond donors (Lipinski definition) is 1. The van der Waals surface area contributed by atoms with Gasteiger partial charge in [-0.15, -0.1) is 0 Å². The lowest BCUT2D eigenvalue weighted by Gasteiger charge is -2.33. The third-order valence-corrected chi connectivity index (χ3v) is 4.37. The predicted molar refractivity (Wildman–Crippen MR) is 54.6 cm³/mol. The maximum absolute atomic E-state index is 11.5. The Labute approximate surface area is 85.4 Å². The van der Waals surface area contributed by atoms with Crippen LogP contribution in [0.25, 0.3) is 0 Å². The summed E-state index contributed by atoms with van der Waals surface area (Å²) in [6.45, 7) is 5.43. The van der Waals surface area contributed by atoms with Gasteiger partial charge in [-0.25, -0.2) is 8.42 Å². The topological polar surface area (TPSA) is 60.9 Å². The van der Waals surface area contributed by atoms with E-state index in [1.807, 2.05) is 0 Å². The highest BCUT2D eigenvalue weighted by molar-refractivity contribution is 7.89. The molecule has 1 rings (SSSR count). The van der Waals surface area contributed by atoms with Gasteiger partial charge in [0, 0.05) is 26.2 Å². The smallest absolute Gasteiger partial charge is 0.216 e. The predicted octanol–water partition coefficient (Wildman–Crippen LogP) is -1.05. The molecule has 0 spiro atoms. The van der Waals surface area contributed by atoms with E-state index in [1.54, 1.807) is 0 Å². The number of hydrogen-bond acceptors (Lipinski definition) is 4. The molecule has 1 fully saturated rings. The first-order chi connectivity index (χ1) is 6.60. The molecule has 0 aromatic heterocycles. The molecule has 14 heavy (non-hydrogen) atoms. The Bertz CT molecular complexity index is 258. The molecule has 5 nitrogen and oxygen atoms in total. The zero-order valence-corrected chi connectivity index (χ0v) is 9.33. The minimum atomic E-state index is -3.21. The van der Waals surface area contributed by atoms with Crippen LogP contribution in [-0.2, 0) is 10.0 Å². The molecule has 6 heteroatoms. The van der Waals surface area contributed by atoms with Crippen LogP contribution in [0.1, 0.15) is 6.92 Å². The van der Waals surface area contributed by atoms with Crippen LogP contribution < -0.4 is 0 Å². The Morgan fingerprint density at radius 2 is 1.79 bits per heavy atom.